The fourth-order valence-electron chi connectivity index (χ4n) is 2.21. The van der Waals surface area contributed by atoms with Crippen LogP contribution >= 0.6 is 0 Å². The molecule has 0 aromatic rings. The Morgan fingerprint density at radius 1 is 1.44 bits per heavy atom. The van der Waals surface area contributed by atoms with Crippen molar-refractivity contribution in [3.8, 4) is 0 Å². The molecule has 0 radical (unpaired) electrons. The molecule has 2 heteroatoms. The van der Waals surface area contributed by atoms with E-state index < -0.39 is 0 Å². The maximum Gasteiger partial charge on any atom is 0.0221 e. The normalized spacial score (nSPS) is 20.7. The molecule has 0 spiro atoms. The molecule has 1 unspecified atom stereocenters. The Hall–Kier alpha value is -0.340. The lowest BCUT2D eigenvalue weighted by Gasteiger charge is -2.35. The minimum atomic E-state index is 0.230. The summed E-state index contributed by atoms with van der Waals surface area (Å²) >= 11 is 0. The van der Waals surface area contributed by atoms with Gasteiger partial charge in [-0.1, -0.05) is 18.6 Å². The molecule has 0 saturated carbocycles. The highest BCUT2D eigenvalue weighted by molar-refractivity contribution is 5.05. The zero-order valence-electron chi connectivity index (χ0n) is 11.6. The lowest BCUT2D eigenvalue weighted by atomic mass is 10.0. The largest absolute Gasteiger partial charge is 0.311 e. The monoisotopic (exact) mass is 224 g/mol. The molecule has 1 N–H and O–H groups in total. The average Bonchev–Trinajstić information content (AvgIpc) is 2.17. The summed E-state index contributed by atoms with van der Waals surface area (Å²) in [6.07, 6.45) is 4.83. The lowest BCUT2D eigenvalue weighted by Crippen LogP contribution is -2.48. The SMILES string of the molecule is CCC(CNC(C)(C)C)N1CCC=C(C)C1. The van der Waals surface area contributed by atoms with Crippen LogP contribution in [0.4, 0.5) is 0 Å². The number of nitrogens with zero attached hydrogens (tertiary/aromatic N) is 1. The summed E-state index contributed by atoms with van der Waals surface area (Å²) in [4.78, 5) is 2.62. The van der Waals surface area contributed by atoms with E-state index >= 15 is 0 Å². The second-order valence-corrected chi connectivity index (χ2v) is 6.00. The summed E-state index contributed by atoms with van der Waals surface area (Å²) in [5.41, 5.74) is 1.76. The van der Waals surface area contributed by atoms with Gasteiger partial charge in [0.05, 0.1) is 0 Å². The Morgan fingerprint density at radius 2 is 2.12 bits per heavy atom. The molecular weight excluding hydrogens is 196 g/mol. The quantitative estimate of drug-likeness (QED) is 0.739. The Bertz CT molecular complexity index is 238. The van der Waals surface area contributed by atoms with Crippen molar-refractivity contribution in [1.29, 1.82) is 0 Å². The summed E-state index contributed by atoms with van der Waals surface area (Å²) in [7, 11) is 0. The Kier molecular flexibility index (Phi) is 5.00. The summed E-state index contributed by atoms with van der Waals surface area (Å²) < 4.78 is 0. The molecule has 1 rings (SSSR count). The smallest absolute Gasteiger partial charge is 0.0221 e. The molecule has 1 heterocycles. The molecule has 0 aromatic heterocycles. The lowest BCUT2D eigenvalue weighted by molar-refractivity contribution is 0.187. The van der Waals surface area contributed by atoms with E-state index in [4.69, 9.17) is 0 Å². The number of nitrogens with one attached hydrogen (secondary N) is 1. The highest BCUT2D eigenvalue weighted by Crippen LogP contribution is 2.14. The van der Waals surface area contributed by atoms with Crippen molar-refractivity contribution in [2.75, 3.05) is 19.6 Å². The van der Waals surface area contributed by atoms with Crippen molar-refractivity contribution in [3.63, 3.8) is 0 Å². The van der Waals surface area contributed by atoms with Gasteiger partial charge in [0.1, 0.15) is 0 Å². The molecule has 0 aromatic carbocycles. The molecule has 1 aliphatic rings. The van der Waals surface area contributed by atoms with Gasteiger partial charge in [0.25, 0.3) is 0 Å². The van der Waals surface area contributed by atoms with Crippen LogP contribution in [0.3, 0.4) is 0 Å². The van der Waals surface area contributed by atoms with Crippen LogP contribution in [0.5, 0.6) is 0 Å². The van der Waals surface area contributed by atoms with E-state index in [1.807, 2.05) is 0 Å². The van der Waals surface area contributed by atoms with E-state index in [0.29, 0.717) is 6.04 Å². The third-order valence-electron chi connectivity index (χ3n) is 3.22. The fourth-order valence-corrected chi connectivity index (χ4v) is 2.21. The van der Waals surface area contributed by atoms with Crippen molar-refractivity contribution in [2.45, 2.75) is 59.0 Å². The maximum absolute atomic E-state index is 3.62. The molecule has 0 fully saturated rings. The Labute approximate surface area is 101 Å². The Balaban J connectivity index is 2.45. The predicted molar refractivity (Wildman–Crippen MR) is 71.8 cm³/mol. The number of rotatable bonds is 4. The van der Waals surface area contributed by atoms with E-state index in [1.54, 1.807) is 0 Å². The average molecular weight is 224 g/mol. The van der Waals surface area contributed by atoms with Crippen LogP contribution in [-0.4, -0.2) is 36.1 Å². The highest BCUT2D eigenvalue weighted by Gasteiger charge is 2.20. The maximum atomic E-state index is 3.62. The van der Waals surface area contributed by atoms with Crippen molar-refractivity contribution < 1.29 is 0 Å². The molecule has 16 heavy (non-hydrogen) atoms. The Morgan fingerprint density at radius 3 is 2.62 bits per heavy atom. The summed E-state index contributed by atoms with van der Waals surface area (Å²) in [5, 5.41) is 3.62. The highest BCUT2D eigenvalue weighted by atomic mass is 15.2. The van der Waals surface area contributed by atoms with Gasteiger partial charge in [-0.2, -0.15) is 0 Å². The van der Waals surface area contributed by atoms with Crippen molar-refractivity contribution in [3.05, 3.63) is 11.6 Å². The fraction of sp³-hybridized carbons (Fsp3) is 0.857. The summed E-state index contributed by atoms with van der Waals surface area (Å²) in [6, 6.07) is 0.683. The molecule has 1 atom stereocenters. The van der Waals surface area contributed by atoms with Gasteiger partial charge in [-0.05, 0) is 40.5 Å². The van der Waals surface area contributed by atoms with Crippen molar-refractivity contribution in [1.82, 2.24) is 10.2 Å². The first-order chi connectivity index (χ1) is 7.42. The molecule has 2 nitrogen and oxygen atoms in total. The van der Waals surface area contributed by atoms with Crippen LogP contribution in [0.1, 0.15) is 47.5 Å². The van der Waals surface area contributed by atoms with E-state index in [9.17, 15) is 0 Å². The standard InChI is InChI=1S/C14H28N2/c1-6-13(10-15-14(3,4)5)16-9-7-8-12(2)11-16/h8,13,15H,6-7,9-11H2,1-5H3. The van der Waals surface area contributed by atoms with Gasteiger partial charge in [-0.3, -0.25) is 4.90 Å². The summed E-state index contributed by atoms with van der Waals surface area (Å²) in [5.74, 6) is 0. The first-order valence-corrected chi connectivity index (χ1v) is 6.57. The van der Waals surface area contributed by atoms with E-state index in [0.717, 1.165) is 13.1 Å². The van der Waals surface area contributed by atoms with Gasteiger partial charge in [-0.15, -0.1) is 0 Å². The first-order valence-electron chi connectivity index (χ1n) is 6.57. The number of hydrogen-bond donors (Lipinski definition) is 1. The number of hydrogen-bond acceptors (Lipinski definition) is 2. The van der Waals surface area contributed by atoms with Gasteiger partial charge in [0.15, 0.2) is 0 Å². The van der Waals surface area contributed by atoms with Gasteiger partial charge >= 0.3 is 0 Å². The van der Waals surface area contributed by atoms with Gasteiger partial charge in [0.2, 0.25) is 0 Å². The second-order valence-electron chi connectivity index (χ2n) is 6.00. The van der Waals surface area contributed by atoms with Crippen molar-refractivity contribution >= 4 is 0 Å². The third kappa shape index (κ3) is 4.67. The molecule has 0 amide bonds. The van der Waals surface area contributed by atoms with Crippen LogP contribution < -0.4 is 5.32 Å². The molecule has 94 valence electrons. The third-order valence-corrected chi connectivity index (χ3v) is 3.22. The van der Waals surface area contributed by atoms with Gasteiger partial charge in [-0.25, -0.2) is 0 Å². The van der Waals surface area contributed by atoms with E-state index in [2.05, 4.69) is 50.9 Å². The van der Waals surface area contributed by atoms with Gasteiger partial charge in [0, 0.05) is 31.2 Å². The van der Waals surface area contributed by atoms with Crippen molar-refractivity contribution in [2.24, 2.45) is 0 Å². The zero-order chi connectivity index (χ0) is 12.2. The predicted octanol–water partition coefficient (Wildman–Crippen LogP) is 2.81. The topological polar surface area (TPSA) is 15.3 Å². The second kappa shape index (κ2) is 5.83. The van der Waals surface area contributed by atoms with Crippen LogP contribution in [0.2, 0.25) is 0 Å². The zero-order valence-corrected chi connectivity index (χ0v) is 11.6. The molecular formula is C14H28N2. The molecule has 0 saturated heterocycles. The van der Waals surface area contributed by atoms with Crippen LogP contribution in [0.25, 0.3) is 0 Å². The van der Waals surface area contributed by atoms with E-state index in [1.165, 1.54) is 25.0 Å². The first kappa shape index (κ1) is 13.7. The summed E-state index contributed by atoms with van der Waals surface area (Å²) in [6.45, 7) is 14.7. The van der Waals surface area contributed by atoms with Crippen LogP contribution in [-0.2, 0) is 0 Å². The minimum absolute atomic E-state index is 0.230. The molecule has 0 bridgehead atoms. The minimum Gasteiger partial charge on any atom is -0.311 e. The van der Waals surface area contributed by atoms with Crippen LogP contribution in [0, 0.1) is 0 Å². The molecule has 1 aliphatic heterocycles. The van der Waals surface area contributed by atoms with E-state index in [-0.39, 0.29) is 5.54 Å². The van der Waals surface area contributed by atoms with Gasteiger partial charge < -0.3 is 5.32 Å². The molecule has 0 aliphatic carbocycles. The van der Waals surface area contributed by atoms with Crippen LogP contribution in [0.15, 0.2) is 11.6 Å².